The minimum Gasteiger partial charge on any atom is -0.494 e. The highest BCUT2D eigenvalue weighted by Crippen LogP contribution is 2.49. The van der Waals surface area contributed by atoms with Crippen molar-refractivity contribution in [2.45, 2.75) is 33.2 Å². The van der Waals surface area contributed by atoms with Gasteiger partial charge in [0.25, 0.3) is 5.91 Å². The molecule has 0 bridgehead atoms. The molecule has 1 aliphatic carbocycles. The number of hydrogen-bond acceptors (Lipinski definition) is 6. The molecule has 42 heavy (non-hydrogen) atoms. The number of pyridine rings is 1. The van der Waals surface area contributed by atoms with E-state index in [0.717, 1.165) is 63.3 Å². The van der Waals surface area contributed by atoms with E-state index in [-0.39, 0.29) is 18.4 Å². The van der Waals surface area contributed by atoms with Gasteiger partial charge in [-0.2, -0.15) is 5.10 Å². The summed E-state index contributed by atoms with van der Waals surface area (Å²) in [6.07, 6.45) is 7.15. The van der Waals surface area contributed by atoms with Crippen LogP contribution in [0.15, 0.2) is 48.9 Å². The maximum atomic E-state index is 12.6. The first-order valence-electron chi connectivity index (χ1n) is 14.1. The summed E-state index contributed by atoms with van der Waals surface area (Å²) in [7, 11) is 3.48. The molecule has 0 radical (unpaired) electrons. The topological polar surface area (TPSA) is 119 Å². The SMILES string of the molecule is COc1ccc(NC(=O)COc2ccc3c(c2)c2c4c[nH]c(O)c4c4c(c2n3CC(C)C)CCc2nn(C)cc2-4)cn1. The van der Waals surface area contributed by atoms with Crippen LogP contribution in [0.25, 0.3) is 43.7 Å². The molecule has 10 nitrogen and oxygen atoms in total. The number of ether oxygens (including phenoxy) is 2. The number of rotatable bonds is 7. The van der Waals surface area contributed by atoms with Gasteiger partial charge < -0.3 is 29.4 Å². The van der Waals surface area contributed by atoms with Gasteiger partial charge >= 0.3 is 0 Å². The molecular formula is C32H32N6O4. The molecule has 7 rings (SSSR count). The second-order valence-corrected chi connectivity index (χ2v) is 11.3. The molecule has 10 heteroatoms. The Labute approximate surface area is 241 Å². The Kier molecular flexibility index (Phi) is 6.07. The van der Waals surface area contributed by atoms with E-state index in [1.165, 1.54) is 11.1 Å². The quantitative estimate of drug-likeness (QED) is 0.234. The number of aromatic amines is 1. The van der Waals surface area contributed by atoms with Crippen LogP contribution in [0.3, 0.4) is 0 Å². The zero-order chi connectivity index (χ0) is 29.1. The van der Waals surface area contributed by atoms with Gasteiger partial charge in [-0.25, -0.2) is 4.98 Å². The van der Waals surface area contributed by atoms with Crippen LogP contribution in [0.2, 0.25) is 0 Å². The lowest BCUT2D eigenvalue weighted by Gasteiger charge is -2.21. The third kappa shape index (κ3) is 4.13. The Morgan fingerprint density at radius 3 is 2.79 bits per heavy atom. The normalized spacial score (nSPS) is 12.7. The predicted molar refractivity (Wildman–Crippen MR) is 162 cm³/mol. The average Bonchev–Trinajstić information content (AvgIpc) is 3.64. The molecule has 0 atom stereocenters. The minimum absolute atomic E-state index is 0.151. The van der Waals surface area contributed by atoms with Crippen molar-refractivity contribution in [2.75, 3.05) is 19.0 Å². The van der Waals surface area contributed by atoms with Gasteiger partial charge in [0.2, 0.25) is 5.88 Å². The smallest absolute Gasteiger partial charge is 0.262 e. The van der Waals surface area contributed by atoms with Gasteiger partial charge in [-0.1, -0.05) is 13.8 Å². The Hall–Kier alpha value is -4.99. The number of carbonyl (C=O) groups is 1. The van der Waals surface area contributed by atoms with Crippen LogP contribution in [-0.2, 0) is 31.2 Å². The highest BCUT2D eigenvalue weighted by atomic mass is 16.5. The lowest BCUT2D eigenvalue weighted by atomic mass is 9.85. The van der Waals surface area contributed by atoms with E-state index in [2.05, 4.69) is 46.0 Å². The number of nitrogens with one attached hydrogen (secondary N) is 2. The third-order valence-electron chi connectivity index (χ3n) is 7.93. The number of anilines is 1. The number of aromatic nitrogens is 5. The fraction of sp³-hybridized carbons (Fsp3) is 0.281. The maximum absolute atomic E-state index is 12.6. The van der Waals surface area contributed by atoms with Crippen LogP contribution >= 0.6 is 0 Å². The number of fused-ring (bicyclic) bond motifs is 10. The molecule has 4 aromatic heterocycles. The largest absolute Gasteiger partial charge is 0.494 e. The maximum Gasteiger partial charge on any atom is 0.262 e. The Balaban J connectivity index is 1.34. The molecule has 0 saturated carbocycles. The fourth-order valence-electron chi connectivity index (χ4n) is 6.33. The first kappa shape index (κ1) is 25.9. The summed E-state index contributed by atoms with van der Waals surface area (Å²) in [6, 6.07) is 9.40. The molecule has 2 aromatic carbocycles. The van der Waals surface area contributed by atoms with Crippen LogP contribution < -0.4 is 14.8 Å². The molecule has 214 valence electrons. The Bertz CT molecular complexity index is 2000. The van der Waals surface area contributed by atoms with Crippen LogP contribution in [0.4, 0.5) is 5.69 Å². The van der Waals surface area contributed by atoms with Crippen molar-refractivity contribution >= 4 is 44.2 Å². The standard InChI is InChI=1S/C32H32N6O4/c1-17(2)14-38-25-9-6-19(42-16-26(39)35-18-5-10-27(41-4)33-12-18)11-21(25)29-22-13-34-32(40)30(22)28-20(31(29)38)7-8-24-23(28)15-37(3)36-24/h5-6,9-13,15,17,34,40H,7-8,14,16H2,1-4H3,(H,35,39). The summed E-state index contributed by atoms with van der Waals surface area (Å²) >= 11 is 0. The molecule has 4 heterocycles. The van der Waals surface area contributed by atoms with Crippen LogP contribution in [0.5, 0.6) is 17.5 Å². The second kappa shape index (κ2) is 9.83. The molecule has 0 spiro atoms. The fourth-order valence-corrected chi connectivity index (χ4v) is 6.33. The number of H-pyrrole nitrogens is 1. The predicted octanol–water partition coefficient (Wildman–Crippen LogP) is 5.56. The van der Waals surface area contributed by atoms with E-state index < -0.39 is 0 Å². The Morgan fingerprint density at radius 1 is 1.17 bits per heavy atom. The number of aryl methyl sites for hydroxylation is 3. The summed E-state index contributed by atoms with van der Waals surface area (Å²) in [5.74, 6) is 1.35. The molecular weight excluding hydrogens is 532 g/mol. The lowest BCUT2D eigenvalue weighted by molar-refractivity contribution is -0.118. The number of benzene rings is 2. The van der Waals surface area contributed by atoms with Crippen LogP contribution in [-0.4, -0.2) is 49.0 Å². The molecule has 0 unspecified atom stereocenters. The zero-order valence-corrected chi connectivity index (χ0v) is 24.0. The van der Waals surface area contributed by atoms with Crippen molar-refractivity contribution in [3.63, 3.8) is 0 Å². The van der Waals surface area contributed by atoms with Gasteiger partial charge in [0.05, 0.1) is 35.6 Å². The van der Waals surface area contributed by atoms with E-state index in [1.54, 1.807) is 25.4 Å². The lowest BCUT2D eigenvalue weighted by Crippen LogP contribution is -2.20. The van der Waals surface area contributed by atoms with Crippen molar-refractivity contribution in [1.29, 1.82) is 0 Å². The molecule has 1 amide bonds. The molecule has 0 aliphatic heterocycles. The first-order valence-corrected chi connectivity index (χ1v) is 14.1. The molecule has 3 N–H and O–H groups in total. The molecule has 0 fully saturated rings. The number of hydrogen-bond donors (Lipinski definition) is 3. The Morgan fingerprint density at radius 2 is 2.02 bits per heavy atom. The zero-order valence-electron chi connectivity index (χ0n) is 24.0. The highest BCUT2D eigenvalue weighted by Gasteiger charge is 2.30. The third-order valence-corrected chi connectivity index (χ3v) is 7.93. The number of carbonyl (C=O) groups excluding carboxylic acids is 1. The van der Waals surface area contributed by atoms with Crippen molar-refractivity contribution < 1.29 is 19.4 Å². The van der Waals surface area contributed by atoms with Gasteiger partial charge in [-0.3, -0.25) is 9.48 Å². The van der Waals surface area contributed by atoms with E-state index in [0.29, 0.717) is 23.2 Å². The summed E-state index contributed by atoms with van der Waals surface area (Å²) in [5, 5.41) is 22.4. The molecule has 0 saturated heterocycles. The van der Waals surface area contributed by atoms with Crippen LogP contribution in [0, 0.1) is 5.92 Å². The van der Waals surface area contributed by atoms with Crippen molar-refractivity contribution in [2.24, 2.45) is 13.0 Å². The second-order valence-electron chi connectivity index (χ2n) is 11.3. The van der Waals surface area contributed by atoms with Gasteiger partial charge in [0, 0.05) is 64.9 Å². The van der Waals surface area contributed by atoms with E-state index in [4.69, 9.17) is 14.6 Å². The summed E-state index contributed by atoms with van der Waals surface area (Å²) in [6.45, 7) is 5.13. The van der Waals surface area contributed by atoms with Gasteiger partial charge in [-0.05, 0) is 48.6 Å². The molecule has 6 aromatic rings. The first-order chi connectivity index (χ1) is 20.3. The van der Waals surface area contributed by atoms with Gasteiger partial charge in [0.1, 0.15) is 5.75 Å². The summed E-state index contributed by atoms with van der Waals surface area (Å²) in [4.78, 5) is 19.8. The monoisotopic (exact) mass is 564 g/mol. The number of amides is 1. The van der Waals surface area contributed by atoms with Crippen molar-refractivity contribution in [3.05, 3.63) is 60.2 Å². The minimum atomic E-state index is -0.288. The van der Waals surface area contributed by atoms with Crippen molar-refractivity contribution in [1.82, 2.24) is 24.3 Å². The van der Waals surface area contributed by atoms with Gasteiger partial charge in [0.15, 0.2) is 12.5 Å². The highest BCUT2D eigenvalue weighted by molar-refractivity contribution is 6.26. The summed E-state index contributed by atoms with van der Waals surface area (Å²) < 4.78 is 15.3. The number of nitrogens with zero attached hydrogens (tertiary/aromatic N) is 4. The van der Waals surface area contributed by atoms with E-state index >= 15 is 0 Å². The molecule has 1 aliphatic rings. The van der Waals surface area contributed by atoms with E-state index in [1.807, 2.05) is 30.1 Å². The van der Waals surface area contributed by atoms with E-state index in [9.17, 15) is 9.90 Å². The van der Waals surface area contributed by atoms with Gasteiger partial charge in [-0.15, -0.1) is 0 Å². The number of methoxy groups -OCH3 is 1. The number of aromatic hydroxyl groups is 1. The average molecular weight is 565 g/mol. The van der Waals surface area contributed by atoms with Crippen LogP contribution in [0.1, 0.15) is 25.1 Å². The van der Waals surface area contributed by atoms with Crippen molar-refractivity contribution in [3.8, 4) is 28.6 Å². The summed E-state index contributed by atoms with van der Waals surface area (Å²) in [5.41, 5.74) is 7.23.